The van der Waals surface area contributed by atoms with E-state index in [2.05, 4.69) is 6.92 Å². The monoisotopic (exact) mass is 604 g/mol. The Morgan fingerprint density at radius 1 is 1.05 bits per heavy atom. The van der Waals surface area contributed by atoms with E-state index >= 15 is 0 Å². The molecular formula is C33H48O10. The van der Waals surface area contributed by atoms with Crippen LogP contribution in [0.2, 0.25) is 0 Å². The van der Waals surface area contributed by atoms with Gasteiger partial charge >= 0.3 is 11.6 Å². The number of fused-ring (bicyclic) bond motifs is 5. The largest absolute Gasteiger partial charge is 0.465 e. The minimum absolute atomic E-state index is 0.0737. The Morgan fingerprint density at radius 3 is 2.53 bits per heavy atom. The van der Waals surface area contributed by atoms with Gasteiger partial charge in [0, 0.05) is 30.9 Å². The summed E-state index contributed by atoms with van der Waals surface area (Å²) in [6, 6.07) is 3.32. The molecule has 0 radical (unpaired) electrons. The maximum absolute atomic E-state index is 12.6. The number of rotatable bonds is 6. The quantitative estimate of drug-likeness (QED) is 0.327. The molecule has 5 aliphatic rings. The number of ether oxygens (including phenoxy) is 4. The molecule has 1 aromatic rings. The zero-order valence-corrected chi connectivity index (χ0v) is 25.8. The van der Waals surface area contributed by atoms with Crippen LogP contribution in [0, 0.1) is 28.6 Å². The predicted octanol–water partition coefficient (Wildman–Crippen LogP) is 3.29. The van der Waals surface area contributed by atoms with Crippen molar-refractivity contribution in [2.45, 2.75) is 127 Å². The number of methoxy groups -OCH3 is 1. The lowest BCUT2D eigenvalue weighted by Gasteiger charge is -2.64. The summed E-state index contributed by atoms with van der Waals surface area (Å²) in [5, 5.41) is 33.9. The fourth-order valence-electron chi connectivity index (χ4n) is 10.3. The molecular weight excluding hydrogens is 556 g/mol. The van der Waals surface area contributed by atoms with Gasteiger partial charge in [-0.1, -0.05) is 6.92 Å². The van der Waals surface area contributed by atoms with Crippen LogP contribution >= 0.6 is 0 Å². The summed E-state index contributed by atoms with van der Waals surface area (Å²) < 4.78 is 28.6. The Morgan fingerprint density at radius 2 is 1.84 bits per heavy atom. The van der Waals surface area contributed by atoms with Crippen LogP contribution in [0.3, 0.4) is 0 Å². The third-order valence-corrected chi connectivity index (χ3v) is 12.6. The van der Waals surface area contributed by atoms with E-state index < -0.39 is 36.3 Å². The summed E-state index contributed by atoms with van der Waals surface area (Å²) in [7, 11) is 1.46. The first kappa shape index (κ1) is 31.2. The smallest absolute Gasteiger partial charge is 0.335 e. The van der Waals surface area contributed by atoms with Crippen LogP contribution in [0.1, 0.15) is 90.0 Å². The summed E-state index contributed by atoms with van der Waals surface area (Å²) in [5.74, 6) is 0.303. The zero-order chi connectivity index (χ0) is 30.7. The van der Waals surface area contributed by atoms with Crippen LogP contribution in [-0.4, -0.2) is 77.4 Å². The van der Waals surface area contributed by atoms with Gasteiger partial charge in [0.1, 0.15) is 18.3 Å². The fraction of sp³-hybridized carbons (Fsp3) is 0.818. The van der Waals surface area contributed by atoms with Gasteiger partial charge in [0.05, 0.1) is 30.7 Å². The first-order chi connectivity index (χ1) is 20.4. The van der Waals surface area contributed by atoms with Crippen molar-refractivity contribution < 1.29 is 43.5 Å². The van der Waals surface area contributed by atoms with Gasteiger partial charge in [0.15, 0.2) is 6.29 Å². The highest BCUT2D eigenvalue weighted by atomic mass is 16.7. The zero-order valence-electron chi connectivity index (χ0n) is 25.8. The van der Waals surface area contributed by atoms with Gasteiger partial charge in [-0.25, -0.2) is 4.79 Å². The van der Waals surface area contributed by atoms with Gasteiger partial charge in [-0.05, 0) is 100 Å². The van der Waals surface area contributed by atoms with Crippen LogP contribution < -0.4 is 5.63 Å². The molecule has 1 saturated heterocycles. The maximum atomic E-state index is 12.6. The van der Waals surface area contributed by atoms with Gasteiger partial charge in [0.25, 0.3) is 0 Å². The Kier molecular flexibility index (Phi) is 8.35. The second-order valence-electron chi connectivity index (χ2n) is 14.3. The minimum atomic E-state index is -1.11. The van der Waals surface area contributed by atoms with E-state index in [0.717, 1.165) is 50.5 Å². The Bertz CT molecular complexity index is 1210. The molecule has 2 heterocycles. The molecule has 13 atom stereocenters. The van der Waals surface area contributed by atoms with Crippen molar-refractivity contribution in [2.24, 2.45) is 28.6 Å². The lowest BCUT2D eigenvalue weighted by atomic mass is 9.43. The molecule has 43 heavy (non-hydrogen) atoms. The molecule has 4 aliphatic carbocycles. The van der Waals surface area contributed by atoms with Crippen molar-refractivity contribution in [1.82, 2.24) is 0 Å². The van der Waals surface area contributed by atoms with Gasteiger partial charge in [-0.15, -0.1) is 0 Å². The topological polar surface area (TPSA) is 145 Å². The SMILES string of the molecule is COC1C(O)[C@H](O[C@H]2CC[C@]3(COC(C)=O)C4CC[C@]5(C)[C@@H](c6ccc(=O)oc6)CC[C@]5(O)C4CC[C@@H]3C2)OC(C)[C@H]1O. The molecule has 10 heteroatoms. The van der Waals surface area contributed by atoms with E-state index in [4.69, 9.17) is 23.4 Å². The minimum Gasteiger partial charge on any atom is -0.465 e. The molecule has 10 nitrogen and oxygen atoms in total. The molecule has 0 spiro atoms. The van der Waals surface area contributed by atoms with Gasteiger partial charge in [-0.3, -0.25) is 4.79 Å². The molecule has 240 valence electrons. The van der Waals surface area contributed by atoms with Crippen LogP contribution in [-0.2, 0) is 23.7 Å². The lowest BCUT2D eigenvalue weighted by molar-refractivity contribution is -0.314. The van der Waals surface area contributed by atoms with Crippen LogP contribution in [0.15, 0.2) is 27.6 Å². The molecule has 6 rings (SSSR count). The molecule has 1 aliphatic heterocycles. The molecule has 4 saturated carbocycles. The Balaban J connectivity index is 1.23. The molecule has 0 amide bonds. The van der Waals surface area contributed by atoms with E-state index in [0.29, 0.717) is 19.4 Å². The van der Waals surface area contributed by atoms with Gasteiger partial charge in [-0.2, -0.15) is 0 Å². The van der Waals surface area contributed by atoms with E-state index in [-0.39, 0.29) is 52.2 Å². The third-order valence-electron chi connectivity index (χ3n) is 12.6. The van der Waals surface area contributed by atoms with E-state index in [1.165, 1.54) is 20.1 Å². The van der Waals surface area contributed by atoms with E-state index in [9.17, 15) is 24.9 Å². The van der Waals surface area contributed by atoms with Crippen molar-refractivity contribution in [1.29, 1.82) is 0 Å². The lowest BCUT2D eigenvalue weighted by Crippen LogP contribution is -2.64. The molecule has 0 bridgehead atoms. The number of carbonyl (C=O) groups excluding carboxylic acids is 1. The highest BCUT2D eigenvalue weighted by Gasteiger charge is 2.68. The average Bonchev–Trinajstić information content (AvgIpc) is 3.26. The van der Waals surface area contributed by atoms with Crippen LogP contribution in [0.5, 0.6) is 0 Å². The average molecular weight is 605 g/mol. The number of carbonyl (C=O) groups is 1. The summed E-state index contributed by atoms with van der Waals surface area (Å²) in [4.78, 5) is 23.8. The maximum Gasteiger partial charge on any atom is 0.335 e. The van der Waals surface area contributed by atoms with Crippen molar-refractivity contribution in [2.75, 3.05) is 13.7 Å². The highest BCUT2D eigenvalue weighted by Crippen LogP contribution is 2.70. The molecule has 1 aromatic heterocycles. The number of aliphatic hydroxyl groups excluding tert-OH is 2. The summed E-state index contributed by atoms with van der Waals surface area (Å²) in [6.07, 6.45) is 4.40. The van der Waals surface area contributed by atoms with Crippen molar-refractivity contribution in [3.63, 3.8) is 0 Å². The van der Waals surface area contributed by atoms with Gasteiger partial charge < -0.3 is 38.7 Å². The van der Waals surface area contributed by atoms with Crippen molar-refractivity contribution in [3.05, 3.63) is 34.4 Å². The van der Waals surface area contributed by atoms with E-state index in [1.54, 1.807) is 13.2 Å². The first-order valence-electron chi connectivity index (χ1n) is 16.1. The fourth-order valence-corrected chi connectivity index (χ4v) is 10.3. The Labute approximate surface area is 253 Å². The number of esters is 1. The van der Waals surface area contributed by atoms with Crippen molar-refractivity contribution >= 4 is 5.97 Å². The normalized spacial score (nSPS) is 47.7. The predicted molar refractivity (Wildman–Crippen MR) is 154 cm³/mol. The number of hydrogen-bond acceptors (Lipinski definition) is 10. The summed E-state index contributed by atoms with van der Waals surface area (Å²) in [5.41, 5.74) is -0.885. The second kappa shape index (κ2) is 11.5. The number of aliphatic hydroxyl groups is 3. The third kappa shape index (κ3) is 5.00. The summed E-state index contributed by atoms with van der Waals surface area (Å²) >= 11 is 0. The second-order valence-corrected chi connectivity index (χ2v) is 14.3. The molecule has 3 N–H and O–H groups in total. The van der Waals surface area contributed by atoms with Crippen LogP contribution in [0.4, 0.5) is 0 Å². The van der Waals surface area contributed by atoms with E-state index in [1.807, 2.05) is 6.07 Å². The van der Waals surface area contributed by atoms with Crippen LogP contribution in [0.25, 0.3) is 0 Å². The first-order valence-corrected chi connectivity index (χ1v) is 16.1. The molecule has 5 fully saturated rings. The van der Waals surface area contributed by atoms with Gasteiger partial charge in [0.2, 0.25) is 0 Å². The van der Waals surface area contributed by atoms with Crippen molar-refractivity contribution in [3.8, 4) is 0 Å². The molecule has 5 unspecified atom stereocenters. The summed E-state index contributed by atoms with van der Waals surface area (Å²) in [6.45, 7) is 5.74. The molecule has 0 aromatic carbocycles. The number of hydrogen-bond donors (Lipinski definition) is 3. The standard InChI is InChI=1S/C33H48O10/c1-18-27(36)29(39-4)28(37)30(42-18)43-22-9-13-32(17-41-19(2)34)21(15-22)6-7-25-24(32)10-12-31(3)23(11-14-33(25,31)38)20-5-8-26(35)40-16-20/h5,8,16,18,21-25,27-30,36-38H,6-7,9-15,17H2,1-4H3/t18?,21-,22+,23-,24?,25?,27-,28?,29?,30+,31-,32-,33+/m1/s1. The Hall–Kier alpha value is -1.82. The highest BCUT2D eigenvalue weighted by molar-refractivity contribution is 5.65.